The number of aromatic nitrogens is 2. The Morgan fingerprint density at radius 2 is 1.88 bits per heavy atom. The zero-order chi connectivity index (χ0) is 23.8. The van der Waals surface area contributed by atoms with Crippen molar-refractivity contribution in [2.24, 2.45) is 11.8 Å². The monoisotopic (exact) mass is 460 g/mol. The summed E-state index contributed by atoms with van der Waals surface area (Å²) < 4.78 is 16.0. The number of aryl methyl sites for hydroxylation is 2. The average Bonchev–Trinajstić information content (AvgIpc) is 3.20. The normalized spacial score (nSPS) is 21.6. The van der Waals surface area contributed by atoms with Gasteiger partial charge >= 0.3 is 0 Å². The highest BCUT2D eigenvalue weighted by atomic mass is 19.1. The van der Waals surface area contributed by atoms with E-state index < -0.39 is 11.9 Å². The van der Waals surface area contributed by atoms with Crippen molar-refractivity contribution in [2.75, 3.05) is 4.90 Å². The molecule has 176 valence electrons. The van der Waals surface area contributed by atoms with Gasteiger partial charge in [0, 0.05) is 24.1 Å². The predicted molar refractivity (Wildman–Crippen MR) is 128 cm³/mol. The van der Waals surface area contributed by atoms with Gasteiger partial charge in [-0.1, -0.05) is 30.3 Å². The number of hydrogen-bond donors (Lipinski definition) is 1. The number of benzene rings is 2. The fraction of sp³-hybridized carbons (Fsp3) is 0.370. The second-order valence-electron chi connectivity index (χ2n) is 9.54. The summed E-state index contributed by atoms with van der Waals surface area (Å²) >= 11 is 0. The summed E-state index contributed by atoms with van der Waals surface area (Å²) in [4.78, 5) is 33.2. The molecule has 3 atom stereocenters. The van der Waals surface area contributed by atoms with Crippen LogP contribution in [0.5, 0.6) is 0 Å². The number of rotatable bonds is 7. The van der Waals surface area contributed by atoms with Gasteiger partial charge in [-0.15, -0.1) is 0 Å². The fourth-order valence-corrected chi connectivity index (χ4v) is 5.26. The van der Waals surface area contributed by atoms with E-state index in [1.165, 1.54) is 23.5 Å². The van der Waals surface area contributed by atoms with E-state index in [0.29, 0.717) is 23.3 Å². The third-order valence-electron chi connectivity index (χ3n) is 7.16. The molecule has 0 saturated heterocycles. The summed E-state index contributed by atoms with van der Waals surface area (Å²) in [5, 5.41) is 3.21. The van der Waals surface area contributed by atoms with E-state index in [2.05, 4.69) is 10.3 Å². The number of carbonyl (C=O) groups is 2. The molecule has 6 nitrogen and oxygen atoms in total. The molecular weight excluding hydrogens is 431 g/mol. The number of anilines is 1. The smallest absolute Gasteiger partial charge is 0.248 e. The van der Waals surface area contributed by atoms with Crippen molar-refractivity contribution in [1.29, 1.82) is 0 Å². The van der Waals surface area contributed by atoms with E-state index in [9.17, 15) is 14.0 Å². The highest BCUT2D eigenvalue weighted by Gasteiger charge is 2.47. The fourth-order valence-electron chi connectivity index (χ4n) is 5.26. The Balaban J connectivity index is 1.55. The SMILES string of the molecule is Cc1ccccc1C(C(=O)NC1CC2CC2C1)N(C(=O)Cn1ccnc1C)c1cccc(F)c1. The molecule has 0 radical (unpaired) electrons. The molecular formula is C27H29FN4O2. The molecule has 7 heteroatoms. The molecule has 0 aliphatic heterocycles. The molecule has 2 aliphatic rings. The molecule has 1 aromatic heterocycles. The molecule has 0 spiro atoms. The van der Waals surface area contributed by atoms with Crippen LogP contribution in [0.3, 0.4) is 0 Å². The third kappa shape index (κ3) is 4.47. The molecule has 3 aromatic rings. The maximum atomic E-state index is 14.3. The summed E-state index contributed by atoms with van der Waals surface area (Å²) in [6.07, 6.45) is 6.58. The lowest BCUT2D eigenvalue weighted by molar-refractivity contribution is -0.127. The van der Waals surface area contributed by atoms with Crippen LogP contribution in [0.2, 0.25) is 0 Å². The standard InChI is InChI=1S/C27H29FN4O2/c1-17-6-3-4-9-24(17)26(27(34)30-22-13-19-12-20(19)14-22)32(23-8-5-7-21(28)15-23)25(33)16-31-11-10-29-18(31)2/h3-11,15,19-20,22,26H,12-14,16H2,1-2H3,(H,30,34). The number of halogens is 1. The average molecular weight is 461 g/mol. The largest absolute Gasteiger partial charge is 0.351 e. The Bertz CT molecular complexity index is 1210. The van der Waals surface area contributed by atoms with Crippen LogP contribution in [0.25, 0.3) is 0 Å². The molecule has 2 amide bonds. The molecule has 2 saturated carbocycles. The number of nitrogens with one attached hydrogen (secondary N) is 1. The zero-order valence-corrected chi connectivity index (χ0v) is 19.4. The summed E-state index contributed by atoms with van der Waals surface area (Å²) in [5.41, 5.74) is 1.97. The van der Waals surface area contributed by atoms with Crippen molar-refractivity contribution < 1.29 is 14.0 Å². The maximum absolute atomic E-state index is 14.3. The van der Waals surface area contributed by atoms with Crippen LogP contribution in [-0.2, 0) is 16.1 Å². The van der Waals surface area contributed by atoms with Crippen molar-refractivity contribution in [2.45, 2.75) is 51.7 Å². The molecule has 34 heavy (non-hydrogen) atoms. The first-order valence-corrected chi connectivity index (χ1v) is 11.8. The van der Waals surface area contributed by atoms with Crippen molar-refractivity contribution in [3.63, 3.8) is 0 Å². The molecule has 2 fully saturated rings. The minimum atomic E-state index is -0.920. The predicted octanol–water partition coefficient (Wildman–Crippen LogP) is 4.33. The summed E-state index contributed by atoms with van der Waals surface area (Å²) in [6.45, 7) is 3.73. The number of hydrogen-bond acceptors (Lipinski definition) is 3. The lowest BCUT2D eigenvalue weighted by Crippen LogP contribution is -2.47. The lowest BCUT2D eigenvalue weighted by atomic mass is 9.97. The second kappa shape index (κ2) is 9.05. The molecule has 2 aliphatic carbocycles. The van der Waals surface area contributed by atoms with Crippen molar-refractivity contribution in [3.8, 4) is 0 Å². The second-order valence-corrected chi connectivity index (χ2v) is 9.54. The first-order valence-electron chi connectivity index (χ1n) is 11.8. The summed E-state index contributed by atoms with van der Waals surface area (Å²) in [7, 11) is 0. The van der Waals surface area contributed by atoms with E-state index in [1.54, 1.807) is 29.1 Å². The van der Waals surface area contributed by atoms with Gasteiger partial charge in [-0.3, -0.25) is 14.5 Å². The number of fused-ring (bicyclic) bond motifs is 1. The number of nitrogens with zero attached hydrogens (tertiary/aromatic N) is 3. The topological polar surface area (TPSA) is 67.2 Å². The van der Waals surface area contributed by atoms with Crippen LogP contribution in [0.4, 0.5) is 10.1 Å². The number of amides is 2. The van der Waals surface area contributed by atoms with Gasteiger partial charge in [-0.2, -0.15) is 0 Å². The van der Waals surface area contributed by atoms with Gasteiger partial charge in [0.25, 0.3) is 0 Å². The molecule has 3 unspecified atom stereocenters. The van der Waals surface area contributed by atoms with Crippen LogP contribution in [0, 0.1) is 31.5 Å². The Kier molecular flexibility index (Phi) is 5.94. The van der Waals surface area contributed by atoms with E-state index in [4.69, 9.17) is 0 Å². The van der Waals surface area contributed by atoms with Crippen molar-refractivity contribution in [3.05, 3.63) is 83.7 Å². The van der Waals surface area contributed by atoms with E-state index in [0.717, 1.165) is 24.0 Å². The van der Waals surface area contributed by atoms with Crippen LogP contribution >= 0.6 is 0 Å². The third-order valence-corrected chi connectivity index (χ3v) is 7.16. The molecule has 1 heterocycles. The van der Waals surface area contributed by atoms with Gasteiger partial charge in [0.1, 0.15) is 24.2 Å². The highest BCUT2D eigenvalue weighted by Crippen LogP contribution is 2.51. The van der Waals surface area contributed by atoms with Crippen LogP contribution in [-0.4, -0.2) is 27.4 Å². The number of carbonyl (C=O) groups excluding carboxylic acids is 2. The molecule has 5 rings (SSSR count). The van der Waals surface area contributed by atoms with E-state index >= 15 is 0 Å². The van der Waals surface area contributed by atoms with Crippen molar-refractivity contribution >= 4 is 17.5 Å². The first-order chi connectivity index (χ1) is 16.4. The van der Waals surface area contributed by atoms with E-state index in [1.807, 2.05) is 38.1 Å². The van der Waals surface area contributed by atoms with Gasteiger partial charge < -0.3 is 9.88 Å². The van der Waals surface area contributed by atoms with Gasteiger partial charge in [-0.25, -0.2) is 9.37 Å². The molecule has 2 aromatic carbocycles. The minimum Gasteiger partial charge on any atom is -0.351 e. The van der Waals surface area contributed by atoms with Crippen molar-refractivity contribution in [1.82, 2.24) is 14.9 Å². The lowest BCUT2D eigenvalue weighted by Gasteiger charge is -2.33. The van der Waals surface area contributed by atoms with Crippen LogP contribution in [0.15, 0.2) is 60.9 Å². The summed E-state index contributed by atoms with van der Waals surface area (Å²) in [6, 6.07) is 12.6. The maximum Gasteiger partial charge on any atom is 0.248 e. The van der Waals surface area contributed by atoms with Gasteiger partial charge in [0.15, 0.2) is 0 Å². The van der Waals surface area contributed by atoms with Gasteiger partial charge in [0.05, 0.1) is 0 Å². The number of imidazole rings is 1. The van der Waals surface area contributed by atoms with Gasteiger partial charge in [0.2, 0.25) is 11.8 Å². The van der Waals surface area contributed by atoms with E-state index in [-0.39, 0.29) is 24.4 Å². The minimum absolute atomic E-state index is 0.00835. The first kappa shape index (κ1) is 22.3. The zero-order valence-electron chi connectivity index (χ0n) is 19.4. The Hall–Kier alpha value is -3.48. The quantitative estimate of drug-likeness (QED) is 0.571. The van der Waals surface area contributed by atoms with Gasteiger partial charge in [-0.05, 0) is 74.3 Å². The Labute approximate surface area is 198 Å². The Morgan fingerprint density at radius 1 is 1.12 bits per heavy atom. The molecule has 1 N–H and O–H groups in total. The van der Waals surface area contributed by atoms with Crippen LogP contribution < -0.4 is 10.2 Å². The van der Waals surface area contributed by atoms with Crippen LogP contribution in [0.1, 0.15) is 42.3 Å². The Morgan fingerprint density at radius 3 is 2.56 bits per heavy atom. The highest BCUT2D eigenvalue weighted by molar-refractivity contribution is 6.01. The summed E-state index contributed by atoms with van der Waals surface area (Å²) in [5.74, 6) is 1.10. The molecule has 0 bridgehead atoms.